The van der Waals surface area contributed by atoms with Crippen LogP contribution in [0.1, 0.15) is 65.4 Å². The van der Waals surface area contributed by atoms with Crippen molar-refractivity contribution >= 4 is 41.1 Å². The number of ether oxygens (including phenoxy) is 1. The molecule has 10 heteroatoms. The zero-order valence-electron chi connectivity index (χ0n) is 25.1. The van der Waals surface area contributed by atoms with Gasteiger partial charge in [0.1, 0.15) is 12.3 Å². The van der Waals surface area contributed by atoms with Crippen molar-refractivity contribution in [3.63, 3.8) is 0 Å². The van der Waals surface area contributed by atoms with E-state index in [9.17, 15) is 24.0 Å². The average Bonchev–Trinajstić information content (AvgIpc) is 3.75. The van der Waals surface area contributed by atoms with Crippen molar-refractivity contribution in [3.05, 3.63) is 160 Å². The van der Waals surface area contributed by atoms with E-state index in [4.69, 9.17) is 20.8 Å². The van der Waals surface area contributed by atoms with E-state index in [1.54, 1.807) is 18.2 Å². The third-order valence-corrected chi connectivity index (χ3v) is 9.74. The summed E-state index contributed by atoms with van der Waals surface area (Å²) in [5, 5.41) is 1.90. The van der Waals surface area contributed by atoms with Crippen molar-refractivity contribution in [2.24, 2.45) is 11.8 Å². The summed E-state index contributed by atoms with van der Waals surface area (Å²) in [6, 6.07) is 30.7. The smallest absolute Gasteiger partial charge is 0.379 e. The number of imide groups is 1. The van der Waals surface area contributed by atoms with Crippen molar-refractivity contribution in [2.75, 3.05) is 6.54 Å². The molecule has 3 amide bonds. The number of Topliss-reactive ketones (excluding diaryl/α,β-unsaturated/α-hetero) is 1. The van der Waals surface area contributed by atoms with Crippen LogP contribution in [0.2, 0.25) is 5.02 Å². The zero-order chi connectivity index (χ0) is 33.1. The molecule has 4 aliphatic rings. The van der Waals surface area contributed by atoms with Gasteiger partial charge in [-0.05, 0) is 70.8 Å². The molecule has 1 fully saturated rings. The molecule has 236 valence electrons. The number of ketones is 1. The number of carbonyl (C=O) groups is 5. The number of furan rings is 1. The van der Waals surface area contributed by atoms with Gasteiger partial charge in [-0.3, -0.25) is 19.2 Å². The normalized spacial score (nSPS) is 20.1. The first-order valence-corrected chi connectivity index (χ1v) is 15.7. The monoisotopic (exact) mass is 656 g/mol. The van der Waals surface area contributed by atoms with Gasteiger partial charge in [0.15, 0.2) is 5.78 Å². The number of hydrogen-bond acceptors (Lipinski definition) is 7. The van der Waals surface area contributed by atoms with Gasteiger partial charge in [0, 0.05) is 17.4 Å². The summed E-state index contributed by atoms with van der Waals surface area (Å²) in [5.74, 6) is -5.22. The van der Waals surface area contributed by atoms with Gasteiger partial charge in [-0.15, -0.1) is 0 Å². The number of halogens is 1. The lowest BCUT2D eigenvalue weighted by Gasteiger charge is -2.45. The molecule has 9 rings (SSSR count). The van der Waals surface area contributed by atoms with Gasteiger partial charge in [-0.1, -0.05) is 72.3 Å². The molecule has 2 atom stereocenters. The fourth-order valence-electron chi connectivity index (χ4n) is 7.39. The predicted octanol–water partition coefficient (Wildman–Crippen LogP) is 6.28. The Kier molecular flexibility index (Phi) is 7.07. The number of benzene rings is 4. The number of hydrogen-bond donors (Lipinski definition) is 0. The second-order valence-corrected chi connectivity index (χ2v) is 12.3. The van der Waals surface area contributed by atoms with Gasteiger partial charge >= 0.3 is 5.97 Å². The minimum atomic E-state index is -0.763. The minimum Gasteiger partial charge on any atom is -0.457 e. The first kappa shape index (κ1) is 29.6. The summed E-state index contributed by atoms with van der Waals surface area (Å²) >= 11 is 6.42. The van der Waals surface area contributed by atoms with Crippen LogP contribution >= 0.6 is 11.6 Å². The van der Waals surface area contributed by atoms with Crippen LogP contribution in [-0.4, -0.2) is 46.0 Å². The lowest BCUT2D eigenvalue weighted by Crippen LogP contribution is -2.52. The van der Waals surface area contributed by atoms with Crippen LogP contribution in [0.25, 0.3) is 0 Å². The van der Waals surface area contributed by atoms with E-state index in [-0.39, 0.29) is 27.7 Å². The molecule has 0 spiro atoms. The fraction of sp³-hybridized carbons (Fsp3) is 0.132. The number of hydrazine groups is 1. The third-order valence-electron chi connectivity index (χ3n) is 9.41. The molecule has 0 radical (unpaired) electrons. The number of amides is 3. The number of carbonyl (C=O) groups excluding carboxylic acids is 5. The number of esters is 1. The summed E-state index contributed by atoms with van der Waals surface area (Å²) in [7, 11) is 0. The molecule has 1 aliphatic heterocycles. The van der Waals surface area contributed by atoms with E-state index in [1.165, 1.54) is 48.7 Å². The van der Waals surface area contributed by atoms with Crippen molar-refractivity contribution in [1.82, 2.24) is 10.0 Å². The molecule has 5 aromatic rings. The Hall–Kier alpha value is -5.80. The van der Waals surface area contributed by atoms with E-state index >= 15 is 0 Å². The molecule has 2 bridgehead atoms. The Morgan fingerprint density at radius 1 is 0.708 bits per heavy atom. The Morgan fingerprint density at radius 3 is 1.77 bits per heavy atom. The maximum absolute atomic E-state index is 14.5. The van der Waals surface area contributed by atoms with Gasteiger partial charge in [0.25, 0.3) is 17.7 Å². The zero-order valence-corrected chi connectivity index (χ0v) is 25.9. The number of rotatable bonds is 7. The lowest BCUT2D eigenvalue weighted by molar-refractivity contribution is -0.154. The minimum absolute atomic E-state index is 0.0176. The van der Waals surface area contributed by atoms with Crippen molar-refractivity contribution in [3.8, 4) is 5.75 Å². The van der Waals surface area contributed by atoms with E-state index in [2.05, 4.69) is 0 Å². The molecule has 48 heavy (non-hydrogen) atoms. The van der Waals surface area contributed by atoms with Gasteiger partial charge < -0.3 is 9.15 Å². The fourth-order valence-corrected chi connectivity index (χ4v) is 7.61. The summed E-state index contributed by atoms with van der Waals surface area (Å²) in [5.41, 5.74) is 4.15. The van der Waals surface area contributed by atoms with Gasteiger partial charge in [-0.25, -0.2) is 9.80 Å². The molecular weight excluding hydrogens is 632 g/mol. The molecule has 4 aromatic carbocycles. The largest absolute Gasteiger partial charge is 0.457 e. The van der Waals surface area contributed by atoms with Gasteiger partial charge in [-0.2, -0.15) is 5.01 Å². The molecule has 0 unspecified atom stereocenters. The van der Waals surface area contributed by atoms with Gasteiger partial charge in [0.2, 0.25) is 5.76 Å². The van der Waals surface area contributed by atoms with E-state index in [1.807, 2.05) is 48.5 Å². The van der Waals surface area contributed by atoms with Crippen LogP contribution in [-0.2, 0) is 9.59 Å². The maximum atomic E-state index is 14.5. The van der Waals surface area contributed by atoms with Crippen LogP contribution in [0.15, 0.2) is 120 Å². The molecule has 1 aromatic heterocycles. The molecule has 0 saturated carbocycles. The highest BCUT2D eigenvalue weighted by Crippen LogP contribution is 2.61. The molecule has 9 nitrogen and oxygen atoms in total. The third kappa shape index (κ3) is 4.57. The summed E-state index contributed by atoms with van der Waals surface area (Å²) in [4.78, 5) is 69.2. The van der Waals surface area contributed by atoms with Crippen molar-refractivity contribution < 1.29 is 33.1 Å². The topological polar surface area (TPSA) is 114 Å². The van der Waals surface area contributed by atoms with Crippen LogP contribution < -0.4 is 4.74 Å². The predicted molar refractivity (Wildman–Crippen MR) is 172 cm³/mol. The summed E-state index contributed by atoms with van der Waals surface area (Å²) in [6.07, 6.45) is 1.35. The lowest BCUT2D eigenvalue weighted by atomic mass is 9.55. The van der Waals surface area contributed by atoms with E-state index in [0.29, 0.717) is 0 Å². The summed E-state index contributed by atoms with van der Waals surface area (Å²) in [6.45, 7) is -0.623. The van der Waals surface area contributed by atoms with Crippen molar-refractivity contribution in [2.45, 2.75) is 11.8 Å². The standard InChI is InChI=1S/C38H25ClN2O7/c39-28-13-6-5-12-27(28)35(43)40(20-29(42)21-15-17-22(18-16-21)48-38(46)30-14-7-19-47-30)41-36(44)33-31-23-8-1-2-9-24(23)32(34(33)37(41)45)26-11-4-3-10-25(26)31/h1-19,31-34H,20H2/t31?,32?,33-,34-/m0/s1. The highest BCUT2D eigenvalue weighted by Gasteiger charge is 2.63. The average molecular weight is 657 g/mol. The first-order valence-electron chi connectivity index (χ1n) is 15.3. The van der Waals surface area contributed by atoms with Crippen molar-refractivity contribution in [1.29, 1.82) is 0 Å². The Labute approximate surface area is 279 Å². The Bertz CT molecular complexity index is 2030. The van der Waals surface area contributed by atoms with Crippen LogP contribution in [0.3, 0.4) is 0 Å². The van der Waals surface area contributed by atoms with E-state index < -0.39 is 59.7 Å². The quantitative estimate of drug-likeness (QED) is 0.0876. The molecule has 0 N–H and O–H groups in total. The second-order valence-electron chi connectivity index (χ2n) is 11.9. The van der Waals surface area contributed by atoms with Gasteiger partial charge in [0.05, 0.1) is 28.7 Å². The number of nitrogens with zero attached hydrogens (tertiary/aromatic N) is 2. The second kappa shape index (κ2) is 11.5. The van der Waals surface area contributed by atoms with E-state index in [0.717, 1.165) is 32.3 Å². The highest BCUT2D eigenvalue weighted by molar-refractivity contribution is 6.34. The summed E-state index contributed by atoms with van der Waals surface area (Å²) < 4.78 is 10.4. The molecule has 1 saturated heterocycles. The molecule has 2 heterocycles. The maximum Gasteiger partial charge on any atom is 0.379 e. The van der Waals surface area contributed by atoms with Crippen LogP contribution in [0.5, 0.6) is 5.75 Å². The Balaban J connectivity index is 1.14. The highest BCUT2D eigenvalue weighted by atomic mass is 35.5. The van der Waals surface area contributed by atoms with Crippen LogP contribution in [0.4, 0.5) is 0 Å². The first-order chi connectivity index (χ1) is 23.3. The molecule has 3 aliphatic carbocycles. The SMILES string of the molecule is O=C(CN(C(=O)c1ccccc1Cl)N1C(=O)[C@H]2C3c4ccccc4C(c4ccccc43)[C@@H]2C1=O)c1ccc(OC(=O)c2ccco2)cc1. The molecular formula is C38H25ClN2O7. The van der Waals surface area contributed by atoms with Crippen LogP contribution in [0, 0.1) is 11.8 Å². The Morgan fingerprint density at radius 2 is 1.25 bits per heavy atom.